The monoisotopic (exact) mass is 338 g/mol. The zero-order valence-corrected chi connectivity index (χ0v) is 14.3. The van der Waals surface area contributed by atoms with Crippen molar-refractivity contribution in [3.05, 3.63) is 34.3 Å². The molecule has 0 amide bonds. The molecule has 0 saturated heterocycles. The third-order valence-corrected chi connectivity index (χ3v) is 4.85. The van der Waals surface area contributed by atoms with Gasteiger partial charge in [-0.15, -0.1) is 0 Å². The SMILES string of the molecule is CCNC(CCN(C)CC1CCC1)c1ccc(Br)cc1. The van der Waals surface area contributed by atoms with E-state index in [4.69, 9.17) is 0 Å². The van der Waals surface area contributed by atoms with Crippen molar-refractivity contribution in [2.45, 2.75) is 38.6 Å². The third-order valence-electron chi connectivity index (χ3n) is 4.32. The fourth-order valence-corrected chi connectivity index (χ4v) is 3.15. The Morgan fingerprint density at radius 2 is 2.00 bits per heavy atom. The molecule has 0 radical (unpaired) electrons. The molecule has 1 aromatic carbocycles. The Labute approximate surface area is 132 Å². The number of hydrogen-bond acceptors (Lipinski definition) is 2. The zero-order valence-electron chi connectivity index (χ0n) is 12.7. The van der Waals surface area contributed by atoms with Crippen LogP contribution in [0.3, 0.4) is 0 Å². The van der Waals surface area contributed by atoms with E-state index in [-0.39, 0.29) is 0 Å². The lowest BCUT2D eigenvalue weighted by atomic mass is 9.85. The molecule has 0 aliphatic heterocycles. The highest BCUT2D eigenvalue weighted by Crippen LogP contribution is 2.27. The lowest BCUT2D eigenvalue weighted by Crippen LogP contribution is -2.32. The molecule has 1 unspecified atom stereocenters. The number of hydrogen-bond donors (Lipinski definition) is 1. The maximum Gasteiger partial charge on any atom is 0.0332 e. The van der Waals surface area contributed by atoms with E-state index in [9.17, 15) is 0 Å². The highest BCUT2D eigenvalue weighted by Gasteiger charge is 2.19. The van der Waals surface area contributed by atoms with E-state index in [1.54, 1.807) is 0 Å². The average molecular weight is 339 g/mol. The molecule has 0 aromatic heterocycles. The summed E-state index contributed by atoms with van der Waals surface area (Å²) in [5.41, 5.74) is 1.40. The molecule has 0 heterocycles. The summed E-state index contributed by atoms with van der Waals surface area (Å²) in [5.74, 6) is 0.963. The Morgan fingerprint density at radius 1 is 1.30 bits per heavy atom. The van der Waals surface area contributed by atoms with Gasteiger partial charge in [-0.05, 0) is 63.0 Å². The number of benzene rings is 1. The molecule has 1 fully saturated rings. The van der Waals surface area contributed by atoms with Gasteiger partial charge in [0.05, 0.1) is 0 Å². The van der Waals surface area contributed by atoms with Crippen LogP contribution in [0.15, 0.2) is 28.7 Å². The molecule has 20 heavy (non-hydrogen) atoms. The van der Waals surface area contributed by atoms with Crippen LogP contribution in [0.1, 0.15) is 44.2 Å². The van der Waals surface area contributed by atoms with Crippen LogP contribution in [0.4, 0.5) is 0 Å². The molecule has 3 heteroatoms. The molecule has 0 spiro atoms. The Hall–Kier alpha value is -0.380. The van der Waals surface area contributed by atoms with Gasteiger partial charge in [0.15, 0.2) is 0 Å². The van der Waals surface area contributed by atoms with Crippen LogP contribution in [0.5, 0.6) is 0 Å². The minimum absolute atomic E-state index is 0.469. The van der Waals surface area contributed by atoms with Crippen molar-refractivity contribution < 1.29 is 0 Å². The first-order valence-electron chi connectivity index (χ1n) is 7.86. The summed E-state index contributed by atoms with van der Waals surface area (Å²) in [5, 5.41) is 3.61. The predicted molar refractivity (Wildman–Crippen MR) is 90.0 cm³/mol. The van der Waals surface area contributed by atoms with Crippen molar-refractivity contribution in [1.29, 1.82) is 0 Å². The lowest BCUT2D eigenvalue weighted by Gasteiger charge is -2.31. The average Bonchev–Trinajstić information content (AvgIpc) is 2.40. The summed E-state index contributed by atoms with van der Waals surface area (Å²) in [6, 6.07) is 9.19. The van der Waals surface area contributed by atoms with Crippen molar-refractivity contribution in [3.63, 3.8) is 0 Å². The normalized spacial score (nSPS) is 17.2. The minimum atomic E-state index is 0.469. The molecular weight excluding hydrogens is 312 g/mol. The number of rotatable bonds is 8. The predicted octanol–water partition coefficient (Wildman–Crippen LogP) is 4.22. The van der Waals surface area contributed by atoms with Crippen LogP contribution in [-0.2, 0) is 0 Å². The smallest absolute Gasteiger partial charge is 0.0332 e. The van der Waals surface area contributed by atoms with Crippen LogP contribution in [-0.4, -0.2) is 31.6 Å². The number of nitrogens with one attached hydrogen (secondary N) is 1. The van der Waals surface area contributed by atoms with Gasteiger partial charge in [0.1, 0.15) is 0 Å². The van der Waals surface area contributed by atoms with Crippen LogP contribution in [0, 0.1) is 5.92 Å². The van der Waals surface area contributed by atoms with E-state index in [2.05, 4.69) is 64.4 Å². The molecule has 2 rings (SSSR count). The Bertz CT molecular complexity index is 386. The van der Waals surface area contributed by atoms with Gasteiger partial charge >= 0.3 is 0 Å². The molecule has 1 saturated carbocycles. The summed E-state index contributed by atoms with van der Waals surface area (Å²) in [4.78, 5) is 2.51. The van der Waals surface area contributed by atoms with Gasteiger partial charge in [0.2, 0.25) is 0 Å². The maximum atomic E-state index is 3.61. The van der Waals surface area contributed by atoms with Crippen molar-refractivity contribution in [1.82, 2.24) is 10.2 Å². The van der Waals surface area contributed by atoms with Gasteiger partial charge in [0.25, 0.3) is 0 Å². The zero-order chi connectivity index (χ0) is 14.4. The Kier molecular flexibility index (Phi) is 6.53. The largest absolute Gasteiger partial charge is 0.310 e. The summed E-state index contributed by atoms with van der Waals surface area (Å²) in [6.45, 7) is 5.65. The summed E-state index contributed by atoms with van der Waals surface area (Å²) >= 11 is 3.51. The minimum Gasteiger partial charge on any atom is -0.310 e. The van der Waals surface area contributed by atoms with Gasteiger partial charge in [-0.2, -0.15) is 0 Å². The lowest BCUT2D eigenvalue weighted by molar-refractivity contribution is 0.199. The second kappa shape index (κ2) is 8.16. The standard InChI is InChI=1S/C17H27BrN2/c1-3-19-17(15-7-9-16(18)10-8-15)11-12-20(2)13-14-5-4-6-14/h7-10,14,17,19H,3-6,11-13H2,1-2H3. The van der Waals surface area contributed by atoms with E-state index >= 15 is 0 Å². The third kappa shape index (κ3) is 4.87. The van der Waals surface area contributed by atoms with Gasteiger partial charge in [-0.1, -0.05) is 41.4 Å². The highest BCUT2D eigenvalue weighted by molar-refractivity contribution is 9.10. The van der Waals surface area contributed by atoms with E-state index in [0.717, 1.165) is 16.9 Å². The van der Waals surface area contributed by atoms with E-state index in [0.29, 0.717) is 6.04 Å². The van der Waals surface area contributed by atoms with Crippen molar-refractivity contribution in [2.24, 2.45) is 5.92 Å². The fraction of sp³-hybridized carbons (Fsp3) is 0.647. The van der Waals surface area contributed by atoms with Crippen LogP contribution in [0.25, 0.3) is 0 Å². The Morgan fingerprint density at radius 3 is 2.55 bits per heavy atom. The quantitative estimate of drug-likeness (QED) is 0.763. The topological polar surface area (TPSA) is 15.3 Å². The summed E-state index contributed by atoms with van der Waals surface area (Å²) in [6.07, 6.45) is 5.50. The molecule has 1 N–H and O–H groups in total. The van der Waals surface area contributed by atoms with Crippen molar-refractivity contribution in [3.8, 4) is 0 Å². The molecule has 1 aliphatic carbocycles. The molecule has 2 nitrogen and oxygen atoms in total. The fourth-order valence-electron chi connectivity index (χ4n) is 2.88. The van der Waals surface area contributed by atoms with Crippen molar-refractivity contribution >= 4 is 15.9 Å². The second-order valence-corrected chi connectivity index (χ2v) is 6.93. The first-order chi connectivity index (χ1) is 9.69. The molecule has 1 atom stereocenters. The van der Waals surface area contributed by atoms with Gasteiger partial charge in [-0.25, -0.2) is 0 Å². The molecule has 0 bridgehead atoms. The molecule has 1 aromatic rings. The molecule has 112 valence electrons. The Balaban J connectivity index is 1.83. The number of halogens is 1. The van der Waals surface area contributed by atoms with Crippen LogP contribution >= 0.6 is 15.9 Å². The summed E-state index contributed by atoms with van der Waals surface area (Å²) < 4.78 is 1.15. The van der Waals surface area contributed by atoms with Gasteiger partial charge in [0, 0.05) is 17.1 Å². The highest BCUT2D eigenvalue weighted by atomic mass is 79.9. The van der Waals surface area contributed by atoms with Crippen LogP contribution in [0.2, 0.25) is 0 Å². The van der Waals surface area contributed by atoms with E-state index in [1.165, 1.54) is 44.3 Å². The van der Waals surface area contributed by atoms with Gasteiger partial charge in [-0.3, -0.25) is 0 Å². The first kappa shape index (κ1) is 16.0. The van der Waals surface area contributed by atoms with E-state index in [1.807, 2.05) is 0 Å². The summed E-state index contributed by atoms with van der Waals surface area (Å²) in [7, 11) is 2.27. The van der Waals surface area contributed by atoms with Crippen LogP contribution < -0.4 is 5.32 Å². The molecule has 1 aliphatic rings. The maximum absolute atomic E-state index is 3.61. The number of nitrogens with zero attached hydrogens (tertiary/aromatic N) is 1. The second-order valence-electron chi connectivity index (χ2n) is 6.01. The van der Waals surface area contributed by atoms with Crippen molar-refractivity contribution in [2.75, 3.05) is 26.7 Å². The van der Waals surface area contributed by atoms with Gasteiger partial charge < -0.3 is 10.2 Å². The first-order valence-corrected chi connectivity index (χ1v) is 8.65. The molecular formula is C17H27BrN2. The van der Waals surface area contributed by atoms with E-state index < -0.39 is 0 Å².